The van der Waals surface area contributed by atoms with Crippen LogP contribution in [0.1, 0.15) is 18.0 Å². The largest absolute Gasteiger partial charge is 0.481 e. The molecule has 1 rings (SSSR count). The molecule has 0 saturated heterocycles. The molecule has 0 aliphatic carbocycles. The summed E-state index contributed by atoms with van der Waals surface area (Å²) in [7, 11) is -2.17. The Bertz CT molecular complexity index is 500. The number of benzene rings is 1. The molecule has 1 atom stereocenters. The minimum absolute atomic E-state index is 0.0594. The molecule has 0 radical (unpaired) electrons. The van der Waals surface area contributed by atoms with Crippen molar-refractivity contribution in [1.82, 2.24) is 4.72 Å². The van der Waals surface area contributed by atoms with E-state index < -0.39 is 22.0 Å². The Morgan fingerprint density at radius 2 is 2.00 bits per heavy atom. The number of sulfonamides is 1. The van der Waals surface area contributed by atoms with Gasteiger partial charge in [-0.3, -0.25) is 4.79 Å². The van der Waals surface area contributed by atoms with Crippen LogP contribution in [0, 0.1) is 0 Å². The predicted octanol–water partition coefficient (Wildman–Crippen LogP) is 0.768. The normalized spacial score (nSPS) is 13.1. The molecule has 0 bridgehead atoms. The van der Waals surface area contributed by atoms with E-state index >= 15 is 0 Å². The number of hydrogen-bond donors (Lipinski definition) is 2. The SMILES string of the molecule is COCCS(=O)(=O)NC(CC(=O)O)c1ccccc1. The molecule has 1 aromatic rings. The average molecular weight is 287 g/mol. The first-order valence-corrected chi connectivity index (χ1v) is 7.35. The Labute approximate surface area is 112 Å². The van der Waals surface area contributed by atoms with E-state index in [-0.39, 0.29) is 18.8 Å². The fraction of sp³-hybridized carbons (Fsp3) is 0.417. The van der Waals surface area contributed by atoms with E-state index in [1.807, 2.05) is 0 Å². The number of methoxy groups -OCH3 is 1. The predicted molar refractivity (Wildman–Crippen MR) is 70.2 cm³/mol. The van der Waals surface area contributed by atoms with E-state index in [0.717, 1.165) is 0 Å². The van der Waals surface area contributed by atoms with Gasteiger partial charge in [0.05, 0.1) is 24.8 Å². The molecule has 2 N–H and O–H groups in total. The molecule has 1 unspecified atom stereocenters. The van der Waals surface area contributed by atoms with Crippen molar-refractivity contribution < 1.29 is 23.1 Å². The van der Waals surface area contributed by atoms with Gasteiger partial charge in [-0.2, -0.15) is 0 Å². The molecular weight excluding hydrogens is 270 g/mol. The van der Waals surface area contributed by atoms with E-state index in [9.17, 15) is 13.2 Å². The summed E-state index contributed by atoms with van der Waals surface area (Å²) in [6, 6.07) is 7.83. The zero-order chi connectivity index (χ0) is 14.3. The highest BCUT2D eigenvalue weighted by atomic mass is 32.2. The summed E-state index contributed by atoms with van der Waals surface area (Å²) in [5, 5.41) is 8.86. The van der Waals surface area contributed by atoms with Crippen LogP contribution < -0.4 is 4.72 Å². The number of aliphatic carboxylic acids is 1. The van der Waals surface area contributed by atoms with E-state index in [0.29, 0.717) is 5.56 Å². The first kappa shape index (κ1) is 15.6. The molecular formula is C12H17NO5S. The highest BCUT2D eigenvalue weighted by Gasteiger charge is 2.21. The van der Waals surface area contributed by atoms with E-state index in [4.69, 9.17) is 9.84 Å². The van der Waals surface area contributed by atoms with Crippen LogP contribution in [0.5, 0.6) is 0 Å². The Hall–Kier alpha value is -1.44. The summed E-state index contributed by atoms with van der Waals surface area (Å²) >= 11 is 0. The van der Waals surface area contributed by atoms with E-state index in [1.54, 1.807) is 30.3 Å². The third kappa shape index (κ3) is 5.82. The first-order valence-electron chi connectivity index (χ1n) is 5.70. The maximum absolute atomic E-state index is 11.8. The number of carboxylic acids is 1. The van der Waals surface area contributed by atoms with Crippen molar-refractivity contribution in [2.45, 2.75) is 12.5 Å². The lowest BCUT2D eigenvalue weighted by atomic mass is 10.1. The van der Waals surface area contributed by atoms with Crippen molar-refractivity contribution in [2.24, 2.45) is 0 Å². The van der Waals surface area contributed by atoms with Crippen molar-refractivity contribution in [3.05, 3.63) is 35.9 Å². The number of ether oxygens (including phenoxy) is 1. The van der Waals surface area contributed by atoms with Crippen LogP contribution in [0.4, 0.5) is 0 Å². The van der Waals surface area contributed by atoms with Crippen LogP contribution in [0.3, 0.4) is 0 Å². The number of nitrogens with one attached hydrogen (secondary N) is 1. The number of hydrogen-bond acceptors (Lipinski definition) is 4. The fourth-order valence-corrected chi connectivity index (χ4v) is 2.71. The van der Waals surface area contributed by atoms with Gasteiger partial charge in [-0.15, -0.1) is 0 Å². The van der Waals surface area contributed by atoms with Crippen molar-refractivity contribution in [2.75, 3.05) is 19.5 Å². The van der Waals surface area contributed by atoms with Gasteiger partial charge in [-0.25, -0.2) is 13.1 Å². The lowest BCUT2D eigenvalue weighted by molar-refractivity contribution is -0.137. The van der Waals surface area contributed by atoms with Gasteiger partial charge in [-0.05, 0) is 5.56 Å². The quantitative estimate of drug-likeness (QED) is 0.736. The van der Waals surface area contributed by atoms with Crippen LogP contribution >= 0.6 is 0 Å². The topological polar surface area (TPSA) is 92.7 Å². The van der Waals surface area contributed by atoms with Gasteiger partial charge < -0.3 is 9.84 Å². The third-order valence-electron chi connectivity index (χ3n) is 2.46. The zero-order valence-corrected chi connectivity index (χ0v) is 11.4. The van der Waals surface area contributed by atoms with E-state index in [2.05, 4.69) is 4.72 Å². The number of carboxylic acid groups (broad SMARTS) is 1. The molecule has 0 aromatic heterocycles. The Morgan fingerprint density at radius 3 is 2.53 bits per heavy atom. The van der Waals surface area contributed by atoms with Crippen LogP contribution in [-0.4, -0.2) is 39.0 Å². The molecule has 0 saturated carbocycles. The lowest BCUT2D eigenvalue weighted by Gasteiger charge is -2.17. The lowest BCUT2D eigenvalue weighted by Crippen LogP contribution is -2.33. The molecule has 19 heavy (non-hydrogen) atoms. The summed E-state index contributed by atoms with van der Waals surface area (Å²) in [6.07, 6.45) is -0.309. The molecule has 106 valence electrons. The van der Waals surface area contributed by atoms with Gasteiger partial charge in [0.15, 0.2) is 0 Å². The standard InChI is InChI=1S/C12H17NO5S/c1-18-7-8-19(16,17)13-11(9-12(14)15)10-5-3-2-4-6-10/h2-6,11,13H,7-9H2,1H3,(H,14,15). The van der Waals surface area contributed by atoms with E-state index in [1.165, 1.54) is 7.11 Å². The fourth-order valence-electron chi connectivity index (χ4n) is 1.56. The second-order valence-corrected chi connectivity index (χ2v) is 5.86. The van der Waals surface area contributed by atoms with Gasteiger partial charge in [0.2, 0.25) is 10.0 Å². The number of carbonyl (C=O) groups is 1. The molecule has 0 fully saturated rings. The molecule has 0 aliphatic rings. The maximum atomic E-state index is 11.8. The molecule has 7 heteroatoms. The first-order chi connectivity index (χ1) is 8.94. The zero-order valence-electron chi connectivity index (χ0n) is 10.6. The van der Waals surface area contributed by atoms with Gasteiger partial charge in [0.25, 0.3) is 0 Å². The minimum Gasteiger partial charge on any atom is -0.481 e. The highest BCUT2D eigenvalue weighted by molar-refractivity contribution is 7.89. The van der Waals surface area contributed by atoms with Gasteiger partial charge in [0.1, 0.15) is 0 Å². The van der Waals surface area contributed by atoms with Gasteiger partial charge in [-0.1, -0.05) is 30.3 Å². The van der Waals surface area contributed by atoms with Crippen LogP contribution in [0.15, 0.2) is 30.3 Å². The second kappa shape index (κ2) is 7.22. The average Bonchev–Trinajstić information content (AvgIpc) is 2.36. The van der Waals surface area contributed by atoms with Gasteiger partial charge >= 0.3 is 5.97 Å². The highest BCUT2D eigenvalue weighted by Crippen LogP contribution is 2.17. The Balaban J connectivity index is 2.84. The molecule has 6 nitrogen and oxygen atoms in total. The van der Waals surface area contributed by atoms with Gasteiger partial charge in [0, 0.05) is 7.11 Å². The van der Waals surface area contributed by atoms with Crippen LogP contribution in [0.25, 0.3) is 0 Å². The van der Waals surface area contributed by atoms with Crippen LogP contribution in [0.2, 0.25) is 0 Å². The summed E-state index contributed by atoms with van der Waals surface area (Å²) < 4.78 is 30.6. The monoisotopic (exact) mass is 287 g/mol. The van der Waals surface area contributed by atoms with Crippen molar-refractivity contribution in [3.63, 3.8) is 0 Å². The Kier molecular flexibility index (Phi) is 5.94. The number of rotatable bonds is 8. The molecule has 0 amide bonds. The van der Waals surface area contributed by atoms with Crippen molar-refractivity contribution in [3.8, 4) is 0 Å². The van der Waals surface area contributed by atoms with Crippen molar-refractivity contribution >= 4 is 16.0 Å². The summed E-state index contributed by atoms with van der Waals surface area (Å²) in [6.45, 7) is 0.0594. The maximum Gasteiger partial charge on any atom is 0.305 e. The Morgan fingerprint density at radius 1 is 1.37 bits per heavy atom. The second-order valence-electron chi connectivity index (χ2n) is 3.99. The molecule has 0 heterocycles. The molecule has 0 aliphatic heterocycles. The van der Waals surface area contributed by atoms with Crippen LogP contribution in [-0.2, 0) is 19.6 Å². The summed E-state index contributed by atoms with van der Waals surface area (Å²) in [5.74, 6) is -1.27. The third-order valence-corrected chi connectivity index (χ3v) is 3.81. The summed E-state index contributed by atoms with van der Waals surface area (Å²) in [5.41, 5.74) is 0.617. The smallest absolute Gasteiger partial charge is 0.305 e. The minimum atomic E-state index is -3.58. The summed E-state index contributed by atoms with van der Waals surface area (Å²) in [4.78, 5) is 10.8. The molecule has 1 aromatic carbocycles. The molecule has 0 spiro atoms. The van der Waals surface area contributed by atoms with Crippen molar-refractivity contribution in [1.29, 1.82) is 0 Å².